The molecular weight excluding hydrogens is 266 g/mol. The predicted molar refractivity (Wildman–Crippen MR) is 69.1 cm³/mol. The Morgan fingerprint density at radius 3 is 2.30 bits per heavy atom. The average Bonchev–Trinajstić information content (AvgIpc) is 2.70. The smallest absolute Gasteiger partial charge is 0.410 e. The minimum absolute atomic E-state index is 0.0211. The third-order valence-electron chi connectivity index (χ3n) is 3.07. The highest BCUT2D eigenvalue weighted by Crippen LogP contribution is 2.28. The summed E-state index contributed by atoms with van der Waals surface area (Å²) in [4.78, 5) is 35.8. The van der Waals surface area contributed by atoms with E-state index in [1.807, 2.05) is 0 Å². The highest BCUT2D eigenvalue weighted by atomic mass is 16.6. The van der Waals surface area contributed by atoms with E-state index in [1.54, 1.807) is 20.8 Å². The van der Waals surface area contributed by atoms with Crippen molar-refractivity contribution >= 4 is 18.0 Å². The van der Waals surface area contributed by atoms with Crippen molar-refractivity contribution < 1.29 is 29.0 Å². The summed E-state index contributed by atoms with van der Waals surface area (Å²) < 4.78 is 9.76. The first-order valence-electron chi connectivity index (χ1n) is 6.41. The molecule has 1 aliphatic heterocycles. The molecule has 7 heteroatoms. The molecule has 114 valence electrons. The Kier molecular flexibility index (Phi) is 4.97. The summed E-state index contributed by atoms with van der Waals surface area (Å²) in [6, 6.07) is 0. The number of likely N-dealkylation sites (tertiary alicyclic amines) is 1. The van der Waals surface area contributed by atoms with Crippen LogP contribution in [0.15, 0.2) is 0 Å². The van der Waals surface area contributed by atoms with Crippen LogP contribution in [-0.4, -0.2) is 53.8 Å². The Morgan fingerprint density at radius 2 is 1.85 bits per heavy atom. The van der Waals surface area contributed by atoms with Crippen LogP contribution in [0.2, 0.25) is 0 Å². The summed E-state index contributed by atoms with van der Waals surface area (Å²) in [5.74, 6) is -2.73. The van der Waals surface area contributed by atoms with E-state index in [0.717, 1.165) is 0 Å². The minimum atomic E-state index is -1.02. The second kappa shape index (κ2) is 6.11. The van der Waals surface area contributed by atoms with Crippen LogP contribution in [-0.2, 0) is 19.1 Å². The van der Waals surface area contributed by atoms with Crippen LogP contribution in [0, 0.1) is 11.8 Å². The molecule has 1 rings (SSSR count). The molecule has 0 unspecified atom stereocenters. The number of nitrogens with zero attached hydrogens (tertiary/aromatic N) is 1. The van der Waals surface area contributed by atoms with Crippen LogP contribution >= 0.6 is 0 Å². The fourth-order valence-electron chi connectivity index (χ4n) is 2.13. The van der Waals surface area contributed by atoms with E-state index in [-0.39, 0.29) is 19.5 Å². The number of carbonyl (C=O) groups is 3. The van der Waals surface area contributed by atoms with Gasteiger partial charge in [0.2, 0.25) is 0 Å². The molecule has 0 radical (unpaired) electrons. The summed E-state index contributed by atoms with van der Waals surface area (Å²) in [6.45, 7) is 5.44. The molecule has 1 amide bonds. The monoisotopic (exact) mass is 287 g/mol. The van der Waals surface area contributed by atoms with Crippen LogP contribution in [0.25, 0.3) is 0 Å². The summed E-state index contributed by atoms with van der Waals surface area (Å²) in [5.41, 5.74) is -0.643. The third kappa shape index (κ3) is 4.40. The molecule has 2 atom stereocenters. The lowest BCUT2D eigenvalue weighted by Crippen LogP contribution is -2.36. The van der Waals surface area contributed by atoms with E-state index in [0.29, 0.717) is 0 Å². The van der Waals surface area contributed by atoms with Gasteiger partial charge < -0.3 is 19.5 Å². The quantitative estimate of drug-likeness (QED) is 0.782. The number of hydrogen-bond acceptors (Lipinski definition) is 5. The zero-order chi connectivity index (χ0) is 15.5. The maximum Gasteiger partial charge on any atom is 0.410 e. The first-order chi connectivity index (χ1) is 9.14. The van der Waals surface area contributed by atoms with E-state index < -0.39 is 35.5 Å². The van der Waals surface area contributed by atoms with E-state index >= 15 is 0 Å². The van der Waals surface area contributed by atoms with Crippen molar-refractivity contribution in [1.29, 1.82) is 0 Å². The van der Waals surface area contributed by atoms with Gasteiger partial charge in [-0.15, -0.1) is 0 Å². The molecule has 20 heavy (non-hydrogen) atoms. The third-order valence-corrected chi connectivity index (χ3v) is 3.07. The van der Waals surface area contributed by atoms with Crippen LogP contribution in [0.5, 0.6) is 0 Å². The lowest BCUT2D eigenvalue weighted by molar-refractivity contribution is -0.145. The van der Waals surface area contributed by atoms with Crippen LogP contribution in [0.1, 0.15) is 27.2 Å². The van der Waals surface area contributed by atoms with E-state index in [4.69, 9.17) is 4.74 Å². The molecule has 1 N–H and O–H groups in total. The molecule has 0 bridgehead atoms. The average molecular weight is 287 g/mol. The van der Waals surface area contributed by atoms with Crippen molar-refractivity contribution in [3.05, 3.63) is 0 Å². The summed E-state index contributed by atoms with van der Waals surface area (Å²) in [5, 5.41) is 9.17. The maximum atomic E-state index is 11.9. The number of carbonyl (C=O) groups excluding carboxylic acids is 2. The number of rotatable bonds is 3. The molecule has 1 saturated heterocycles. The van der Waals surface area contributed by atoms with Crippen LogP contribution < -0.4 is 0 Å². The predicted octanol–water partition coefficient (Wildman–Crippen LogP) is 1.12. The molecule has 0 aromatic heterocycles. The summed E-state index contributed by atoms with van der Waals surface area (Å²) >= 11 is 0. The molecule has 1 fully saturated rings. The Bertz CT molecular complexity index is 400. The molecule has 0 aliphatic carbocycles. The summed E-state index contributed by atoms with van der Waals surface area (Å²) in [6.07, 6.45) is -0.580. The minimum Gasteiger partial charge on any atom is -0.481 e. The van der Waals surface area contributed by atoms with Gasteiger partial charge in [-0.2, -0.15) is 0 Å². The molecular formula is C13H21NO6. The van der Waals surface area contributed by atoms with Gasteiger partial charge in [0.05, 0.1) is 19.4 Å². The number of esters is 1. The molecule has 0 saturated carbocycles. The van der Waals surface area contributed by atoms with Crippen molar-refractivity contribution in [3.63, 3.8) is 0 Å². The standard InChI is InChI=1S/C13H21NO6/c1-13(2,3)20-12(18)14-6-8(5-10(15)19-4)9(7-14)11(16)17/h8-9H,5-7H2,1-4H3,(H,16,17)/t8-,9+/m0/s1. The Labute approximate surface area is 117 Å². The molecule has 1 aliphatic rings. The number of amides is 1. The van der Waals surface area contributed by atoms with Crippen LogP contribution in [0.3, 0.4) is 0 Å². The molecule has 0 spiro atoms. The van der Waals surface area contributed by atoms with Crippen molar-refractivity contribution in [2.45, 2.75) is 32.8 Å². The van der Waals surface area contributed by atoms with Crippen LogP contribution in [0.4, 0.5) is 4.79 Å². The van der Waals surface area contributed by atoms with Gasteiger partial charge in [0.15, 0.2) is 0 Å². The van der Waals surface area contributed by atoms with E-state index in [9.17, 15) is 19.5 Å². The van der Waals surface area contributed by atoms with Gasteiger partial charge in [0.1, 0.15) is 5.60 Å². The number of methoxy groups -OCH3 is 1. The van der Waals surface area contributed by atoms with Gasteiger partial charge in [-0.05, 0) is 20.8 Å². The topological polar surface area (TPSA) is 93.1 Å². The van der Waals surface area contributed by atoms with Crippen molar-refractivity contribution in [3.8, 4) is 0 Å². The molecule has 7 nitrogen and oxygen atoms in total. The zero-order valence-corrected chi connectivity index (χ0v) is 12.2. The highest BCUT2D eigenvalue weighted by Gasteiger charge is 2.42. The first-order valence-corrected chi connectivity index (χ1v) is 6.41. The second-order valence-corrected chi connectivity index (χ2v) is 5.87. The first kappa shape index (κ1) is 16.3. The fraction of sp³-hybridized carbons (Fsp3) is 0.769. The van der Waals surface area contributed by atoms with Gasteiger partial charge in [0, 0.05) is 19.0 Å². The Hall–Kier alpha value is -1.79. The van der Waals surface area contributed by atoms with E-state index in [2.05, 4.69) is 4.74 Å². The molecule has 0 aromatic carbocycles. The fourth-order valence-corrected chi connectivity index (χ4v) is 2.13. The SMILES string of the molecule is COC(=O)C[C@H]1CN(C(=O)OC(C)(C)C)C[C@H]1C(=O)O. The number of carboxylic acid groups (broad SMARTS) is 1. The van der Waals surface area contributed by atoms with Gasteiger partial charge in [0.25, 0.3) is 0 Å². The lowest BCUT2D eigenvalue weighted by Gasteiger charge is -2.24. The number of carboxylic acids is 1. The number of aliphatic carboxylic acids is 1. The van der Waals surface area contributed by atoms with Crippen molar-refractivity contribution in [1.82, 2.24) is 4.90 Å². The lowest BCUT2D eigenvalue weighted by atomic mass is 9.93. The van der Waals surface area contributed by atoms with E-state index in [1.165, 1.54) is 12.0 Å². The largest absolute Gasteiger partial charge is 0.481 e. The Morgan fingerprint density at radius 1 is 1.25 bits per heavy atom. The Balaban J connectivity index is 2.72. The van der Waals surface area contributed by atoms with Gasteiger partial charge >= 0.3 is 18.0 Å². The highest BCUT2D eigenvalue weighted by molar-refractivity contribution is 5.77. The summed E-state index contributed by atoms with van der Waals surface area (Å²) in [7, 11) is 1.25. The normalized spacial score (nSPS) is 22.5. The van der Waals surface area contributed by atoms with Gasteiger partial charge in [-0.1, -0.05) is 0 Å². The maximum absolute atomic E-state index is 11.9. The molecule has 1 heterocycles. The van der Waals surface area contributed by atoms with Crippen molar-refractivity contribution in [2.24, 2.45) is 11.8 Å². The molecule has 0 aromatic rings. The van der Waals surface area contributed by atoms with Gasteiger partial charge in [-0.25, -0.2) is 4.79 Å². The number of hydrogen-bond donors (Lipinski definition) is 1. The zero-order valence-electron chi connectivity index (χ0n) is 12.2. The van der Waals surface area contributed by atoms with Gasteiger partial charge in [-0.3, -0.25) is 9.59 Å². The van der Waals surface area contributed by atoms with Crippen molar-refractivity contribution in [2.75, 3.05) is 20.2 Å². The number of ether oxygens (including phenoxy) is 2. The second-order valence-electron chi connectivity index (χ2n) is 5.87.